The van der Waals surface area contributed by atoms with Gasteiger partial charge in [-0.05, 0) is 67.5 Å². The summed E-state index contributed by atoms with van der Waals surface area (Å²) in [6.45, 7) is 1.44. The Morgan fingerprint density at radius 1 is 1.09 bits per heavy atom. The number of benzene rings is 2. The van der Waals surface area contributed by atoms with Gasteiger partial charge >= 0.3 is 12.3 Å². The lowest BCUT2D eigenvalue weighted by Crippen LogP contribution is -2.49. The molecule has 1 atom stereocenters. The normalized spacial score (nSPS) is 18.4. The molecule has 10 heteroatoms. The maximum atomic E-state index is 12.8. The molecular weight excluding hydrogens is 471 g/mol. The predicted molar refractivity (Wildman–Crippen MR) is 123 cm³/mol. The molecule has 182 valence electrons. The van der Waals surface area contributed by atoms with Crippen molar-refractivity contribution in [1.82, 2.24) is 4.90 Å². The van der Waals surface area contributed by atoms with Crippen molar-refractivity contribution in [3.8, 4) is 0 Å². The summed E-state index contributed by atoms with van der Waals surface area (Å²) in [6, 6.07) is 7.83. The molecule has 2 aromatic carbocycles. The number of nitrogens with zero attached hydrogens (tertiary/aromatic N) is 2. The third kappa shape index (κ3) is 5.24. The van der Waals surface area contributed by atoms with Gasteiger partial charge < -0.3 is 15.3 Å². The van der Waals surface area contributed by atoms with E-state index in [4.69, 9.17) is 11.6 Å². The maximum Gasteiger partial charge on any atom is 0.416 e. The Kier molecular flexibility index (Phi) is 6.93. The van der Waals surface area contributed by atoms with E-state index in [9.17, 15) is 27.9 Å². The molecule has 0 spiro atoms. The van der Waals surface area contributed by atoms with Crippen LogP contribution in [0.25, 0.3) is 0 Å². The zero-order valence-electron chi connectivity index (χ0n) is 18.4. The number of likely N-dealkylation sites (tertiary alicyclic amines) is 1. The van der Waals surface area contributed by atoms with Crippen molar-refractivity contribution in [2.45, 2.75) is 50.9 Å². The highest BCUT2D eigenvalue weighted by Gasteiger charge is 2.33. The summed E-state index contributed by atoms with van der Waals surface area (Å²) in [5, 5.41) is 12.6. The monoisotopic (exact) mass is 495 g/mol. The van der Waals surface area contributed by atoms with Crippen molar-refractivity contribution in [3.63, 3.8) is 0 Å². The standard InChI is InChI=1S/C24H25ClF3N3O3/c25-19-13-18(29-22(32)20-5-1-2-11-31(20)23(33)34)12-16-4-3-10-30(21(16)19)14-15-6-8-17(9-7-15)24(26,27)28/h6-9,12-13,20H,1-5,10-11,14H2,(H,29,32)(H,33,34). The van der Waals surface area contributed by atoms with E-state index in [0.717, 1.165) is 54.6 Å². The average molecular weight is 496 g/mol. The number of carbonyl (C=O) groups is 2. The summed E-state index contributed by atoms with van der Waals surface area (Å²) < 4.78 is 38.5. The Morgan fingerprint density at radius 2 is 1.82 bits per heavy atom. The number of carbonyl (C=O) groups excluding carboxylic acids is 1. The van der Waals surface area contributed by atoms with Crippen LogP contribution in [-0.4, -0.2) is 41.1 Å². The topological polar surface area (TPSA) is 72.9 Å². The van der Waals surface area contributed by atoms with E-state index in [0.29, 0.717) is 36.8 Å². The molecule has 2 N–H and O–H groups in total. The van der Waals surface area contributed by atoms with Crippen LogP contribution in [0.15, 0.2) is 36.4 Å². The second-order valence-corrected chi connectivity index (χ2v) is 9.07. The summed E-state index contributed by atoms with van der Waals surface area (Å²) in [5.74, 6) is -0.379. The number of rotatable bonds is 4. The molecule has 0 saturated carbocycles. The summed E-state index contributed by atoms with van der Waals surface area (Å²) in [5.41, 5.74) is 2.28. The van der Waals surface area contributed by atoms with E-state index in [1.807, 2.05) is 11.0 Å². The van der Waals surface area contributed by atoms with Gasteiger partial charge in [0.25, 0.3) is 0 Å². The van der Waals surface area contributed by atoms with Gasteiger partial charge in [-0.3, -0.25) is 9.69 Å². The lowest BCUT2D eigenvalue weighted by Gasteiger charge is -2.34. The number of alkyl halides is 3. The van der Waals surface area contributed by atoms with E-state index < -0.39 is 23.9 Å². The van der Waals surface area contributed by atoms with Gasteiger partial charge in [-0.1, -0.05) is 23.7 Å². The molecule has 0 aliphatic carbocycles. The number of anilines is 2. The Morgan fingerprint density at radius 3 is 2.50 bits per heavy atom. The molecule has 2 aromatic rings. The van der Waals surface area contributed by atoms with Crippen LogP contribution in [0.5, 0.6) is 0 Å². The number of aryl methyl sites for hydroxylation is 1. The molecule has 4 rings (SSSR count). The second kappa shape index (κ2) is 9.74. The van der Waals surface area contributed by atoms with Crippen LogP contribution in [0.2, 0.25) is 5.02 Å². The number of nitrogens with one attached hydrogen (secondary N) is 1. The fraction of sp³-hybridized carbons (Fsp3) is 0.417. The van der Waals surface area contributed by atoms with Gasteiger partial charge in [-0.15, -0.1) is 0 Å². The number of amides is 2. The first-order chi connectivity index (χ1) is 16.1. The van der Waals surface area contributed by atoms with Crippen LogP contribution in [0, 0.1) is 0 Å². The molecular formula is C24H25ClF3N3O3. The maximum absolute atomic E-state index is 12.8. The van der Waals surface area contributed by atoms with Crippen LogP contribution in [0.4, 0.5) is 29.3 Å². The van der Waals surface area contributed by atoms with Crippen molar-refractivity contribution < 1.29 is 27.9 Å². The molecule has 1 fully saturated rings. The largest absolute Gasteiger partial charge is 0.465 e. The summed E-state index contributed by atoms with van der Waals surface area (Å²) in [4.78, 5) is 27.5. The highest BCUT2D eigenvalue weighted by Crippen LogP contribution is 2.38. The van der Waals surface area contributed by atoms with Crippen molar-refractivity contribution >= 4 is 35.0 Å². The minimum Gasteiger partial charge on any atom is -0.465 e. The number of carboxylic acid groups (broad SMARTS) is 1. The van der Waals surface area contributed by atoms with Gasteiger partial charge in [-0.25, -0.2) is 4.79 Å². The first-order valence-electron chi connectivity index (χ1n) is 11.2. The van der Waals surface area contributed by atoms with E-state index >= 15 is 0 Å². The molecule has 0 bridgehead atoms. The number of hydrogen-bond donors (Lipinski definition) is 2. The van der Waals surface area contributed by atoms with Crippen molar-refractivity contribution in [2.24, 2.45) is 0 Å². The van der Waals surface area contributed by atoms with Gasteiger partial charge in [0.1, 0.15) is 6.04 Å². The molecule has 2 heterocycles. The zero-order valence-corrected chi connectivity index (χ0v) is 19.1. The lowest BCUT2D eigenvalue weighted by molar-refractivity contribution is -0.137. The quantitative estimate of drug-likeness (QED) is 0.563. The van der Waals surface area contributed by atoms with E-state index in [2.05, 4.69) is 5.32 Å². The SMILES string of the molecule is O=C(Nc1cc(Cl)c2c(c1)CCCN2Cc1ccc(C(F)(F)F)cc1)C1CCCCN1C(=O)O. The highest BCUT2D eigenvalue weighted by atomic mass is 35.5. The Bertz CT molecular complexity index is 1080. The van der Waals surface area contributed by atoms with Gasteiger partial charge in [0.05, 0.1) is 16.3 Å². The van der Waals surface area contributed by atoms with Gasteiger partial charge in [0.15, 0.2) is 0 Å². The van der Waals surface area contributed by atoms with Crippen LogP contribution in [-0.2, 0) is 23.9 Å². The first-order valence-corrected chi connectivity index (χ1v) is 11.5. The lowest BCUT2D eigenvalue weighted by atomic mass is 9.99. The van der Waals surface area contributed by atoms with Crippen molar-refractivity contribution in [3.05, 3.63) is 58.1 Å². The predicted octanol–water partition coefficient (Wildman–Crippen LogP) is 5.78. The minimum absolute atomic E-state index is 0.331. The molecule has 1 unspecified atom stereocenters. The third-order valence-corrected chi connectivity index (χ3v) is 6.59. The Labute approximate surface area is 200 Å². The van der Waals surface area contributed by atoms with Gasteiger partial charge in [0, 0.05) is 25.3 Å². The molecule has 1 saturated heterocycles. The number of hydrogen-bond acceptors (Lipinski definition) is 3. The van der Waals surface area contributed by atoms with Crippen molar-refractivity contribution in [2.75, 3.05) is 23.3 Å². The number of piperidine rings is 1. The molecule has 2 aliphatic rings. The summed E-state index contributed by atoms with van der Waals surface area (Å²) in [7, 11) is 0. The average Bonchev–Trinajstić information content (AvgIpc) is 2.78. The first kappa shape index (κ1) is 24.2. The molecule has 34 heavy (non-hydrogen) atoms. The van der Waals surface area contributed by atoms with Crippen LogP contribution >= 0.6 is 11.6 Å². The fourth-order valence-corrected chi connectivity index (χ4v) is 5.04. The summed E-state index contributed by atoms with van der Waals surface area (Å²) >= 11 is 6.60. The Hall–Kier alpha value is -2.94. The zero-order chi connectivity index (χ0) is 24.5. The molecule has 2 aliphatic heterocycles. The third-order valence-electron chi connectivity index (χ3n) is 6.31. The molecule has 2 amide bonds. The minimum atomic E-state index is -4.38. The smallest absolute Gasteiger partial charge is 0.416 e. The number of halogens is 4. The number of fused-ring (bicyclic) bond motifs is 1. The van der Waals surface area contributed by atoms with Gasteiger partial charge in [0.2, 0.25) is 5.91 Å². The van der Waals surface area contributed by atoms with Crippen LogP contribution in [0.1, 0.15) is 42.4 Å². The van der Waals surface area contributed by atoms with Crippen LogP contribution in [0.3, 0.4) is 0 Å². The second-order valence-electron chi connectivity index (χ2n) is 8.66. The summed E-state index contributed by atoms with van der Waals surface area (Å²) in [6.07, 6.45) is -1.93. The fourth-order valence-electron chi connectivity index (χ4n) is 4.68. The molecule has 0 aromatic heterocycles. The molecule has 0 radical (unpaired) electrons. The van der Waals surface area contributed by atoms with Gasteiger partial charge in [-0.2, -0.15) is 13.2 Å². The van der Waals surface area contributed by atoms with E-state index in [1.54, 1.807) is 6.07 Å². The van der Waals surface area contributed by atoms with E-state index in [-0.39, 0.29) is 5.91 Å². The van der Waals surface area contributed by atoms with Crippen LogP contribution < -0.4 is 10.2 Å². The Balaban J connectivity index is 1.51. The molecule has 6 nitrogen and oxygen atoms in total. The van der Waals surface area contributed by atoms with Crippen molar-refractivity contribution in [1.29, 1.82) is 0 Å². The van der Waals surface area contributed by atoms with E-state index in [1.165, 1.54) is 17.0 Å². The highest BCUT2D eigenvalue weighted by molar-refractivity contribution is 6.34.